The number of carbonyl (C=O) groups excluding carboxylic acids is 2. The van der Waals surface area contributed by atoms with Gasteiger partial charge in [0.1, 0.15) is 0 Å². The highest BCUT2D eigenvalue weighted by atomic mass is 35.5. The number of nitrogens with one attached hydrogen (secondary N) is 1. The van der Waals surface area contributed by atoms with Crippen molar-refractivity contribution >= 4 is 34.2 Å². The monoisotopic (exact) mass is 340 g/mol. The van der Waals surface area contributed by atoms with E-state index in [0.29, 0.717) is 10.6 Å². The second kappa shape index (κ2) is 6.49. The van der Waals surface area contributed by atoms with Crippen molar-refractivity contribution in [2.75, 3.05) is 0 Å². The second-order valence-corrected chi connectivity index (χ2v) is 6.05. The maximum absolute atomic E-state index is 12.6. The Labute approximate surface area is 145 Å². The molecule has 0 aliphatic rings. The molecule has 1 aromatic heterocycles. The zero-order valence-electron chi connectivity index (χ0n) is 13.5. The highest BCUT2D eigenvalue weighted by molar-refractivity contribution is 6.45. The minimum absolute atomic E-state index is 0.216. The molecule has 122 valence electrons. The van der Waals surface area contributed by atoms with Crippen LogP contribution in [0.1, 0.15) is 21.6 Å². The average Bonchev–Trinajstić information content (AvgIpc) is 2.85. The number of aromatic nitrogens is 1. The summed E-state index contributed by atoms with van der Waals surface area (Å²) in [6.07, 6.45) is 0. The van der Waals surface area contributed by atoms with Gasteiger partial charge in [0.15, 0.2) is 0 Å². The Morgan fingerprint density at radius 2 is 1.75 bits per heavy atom. The molecule has 0 radical (unpaired) electrons. The number of ketones is 1. The maximum atomic E-state index is 12.6. The van der Waals surface area contributed by atoms with Gasteiger partial charge in [0.2, 0.25) is 0 Å². The molecular weight excluding hydrogens is 324 g/mol. The lowest BCUT2D eigenvalue weighted by Gasteiger charge is -2.07. The fraction of sp³-hybridized carbons (Fsp3) is 0.158. The number of fused-ring (bicyclic) bond motifs is 1. The molecule has 0 unspecified atom stereocenters. The lowest BCUT2D eigenvalue weighted by atomic mass is 10.1. The van der Waals surface area contributed by atoms with Crippen LogP contribution in [0.3, 0.4) is 0 Å². The molecule has 5 heteroatoms. The number of aryl methyl sites for hydroxylation is 1. The van der Waals surface area contributed by atoms with Crippen molar-refractivity contribution in [1.82, 2.24) is 9.88 Å². The quantitative estimate of drug-likeness (QED) is 0.582. The van der Waals surface area contributed by atoms with Gasteiger partial charge in [-0.1, -0.05) is 48.0 Å². The molecular formula is C19H17ClN2O2. The lowest BCUT2D eigenvalue weighted by molar-refractivity contribution is -0.117. The summed E-state index contributed by atoms with van der Waals surface area (Å²) in [6, 6.07) is 14.8. The number of rotatable bonds is 4. The molecule has 0 aliphatic carbocycles. The second-order valence-electron chi connectivity index (χ2n) is 5.64. The molecule has 2 aromatic carbocycles. The van der Waals surface area contributed by atoms with Crippen LogP contribution in [0.4, 0.5) is 0 Å². The SMILES string of the molecule is Cc1c(C(=O)C(=O)NCc2ccccc2Cl)c2ccccc2n1C. The zero-order chi connectivity index (χ0) is 17.3. The normalized spacial score (nSPS) is 10.8. The third-order valence-electron chi connectivity index (χ3n) is 4.23. The molecule has 0 saturated carbocycles. The van der Waals surface area contributed by atoms with Crippen molar-refractivity contribution in [1.29, 1.82) is 0 Å². The van der Waals surface area contributed by atoms with Crippen molar-refractivity contribution in [2.24, 2.45) is 7.05 Å². The molecule has 1 amide bonds. The number of carbonyl (C=O) groups is 2. The summed E-state index contributed by atoms with van der Waals surface area (Å²) in [6.45, 7) is 2.06. The van der Waals surface area contributed by atoms with Gasteiger partial charge in [0.25, 0.3) is 11.7 Å². The van der Waals surface area contributed by atoms with E-state index in [1.165, 1.54) is 0 Å². The van der Waals surface area contributed by atoms with Gasteiger partial charge >= 0.3 is 0 Å². The predicted molar refractivity (Wildman–Crippen MR) is 95.3 cm³/mol. The molecule has 3 rings (SSSR count). The van der Waals surface area contributed by atoms with E-state index in [4.69, 9.17) is 11.6 Å². The Morgan fingerprint density at radius 3 is 2.50 bits per heavy atom. The van der Waals surface area contributed by atoms with Crippen LogP contribution in [-0.4, -0.2) is 16.3 Å². The topological polar surface area (TPSA) is 51.1 Å². The van der Waals surface area contributed by atoms with Crippen LogP contribution in [0.25, 0.3) is 10.9 Å². The van der Waals surface area contributed by atoms with Gasteiger partial charge in [-0.15, -0.1) is 0 Å². The fourth-order valence-electron chi connectivity index (χ4n) is 2.82. The largest absolute Gasteiger partial charge is 0.347 e. The summed E-state index contributed by atoms with van der Waals surface area (Å²) >= 11 is 6.07. The molecule has 0 spiro atoms. The highest BCUT2D eigenvalue weighted by Gasteiger charge is 2.23. The number of halogens is 1. The third-order valence-corrected chi connectivity index (χ3v) is 4.60. The number of amides is 1. The minimum atomic E-state index is -0.630. The standard InChI is InChI=1S/C19H17ClN2O2/c1-12-17(14-8-4-6-10-16(14)22(12)2)18(23)19(24)21-11-13-7-3-5-9-15(13)20/h3-10H,11H2,1-2H3,(H,21,24). The van der Waals surface area contributed by atoms with Gasteiger partial charge in [-0.05, 0) is 24.6 Å². The smallest absolute Gasteiger partial charge is 0.292 e. The molecule has 0 bridgehead atoms. The van der Waals surface area contributed by atoms with Crippen molar-refractivity contribution < 1.29 is 9.59 Å². The molecule has 4 nitrogen and oxygen atoms in total. The number of benzene rings is 2. The third kappa shape index (κ3) is 2.81. The first kappa shape index (κ1) is 16.3. The number of Topliss-reactive ketones (excluding diaryl/α,β-unsaturated/α-hetero) is 1. The van der Waals surface area contributed by atoms with Gasteiger partial charge in [-0.2, -0.15) is 0 Å². The van der Waals surface area contributed by atoms with Gasteiger partial charge in [-0.25, -0.2) is 0 Å². The maximum Gasteiger partial charge on any atom is 0.292 e. The van der Waals surface area contributed by atoms with Gasteiger partial charge in [0.05, 0.1) is 5.56 Å². The lowest BCUT2D eigenvalue weighted by Crippen LogP contribution is -2.31. The molecule has 0 atom stereocenters. The van der Waals surface area contributed by atoms with Crippen LogP contribution < -0.4 is 5.32 Å². The van der Waals surface area contributed by atoms with Crippen molar-refractivity contribution in [3.63, 3.8) is 0 Å². The number of nitrogens with zero attached hydrogens (tertiary/aromatic N) is 1. The zero-order valence-corrected chi connectivity index (χ0v) is 14.2. The van der Waals surface area contributed by atoms with Crippen LogP contribution in [0, 0.1) is 6.92 Å². The molecule has 0 fully saturated rings. The Morgan fingerprint density at radius 1 is 1.08 bits per heavy atom. The van der Waals surface area contributed by atoms with E-state index >= 15 is 0 Å². The molecule has 0 aliphatic heterocycles. The van der Waals surface area contributed by atoms with Crippen LogP contribution in [-0.2, 0) is 18.4 Å². The molecule has 1 heterocycles. The first-order valence-electron chi connectivity index (χ1n) is 7.60. The summed E-state index contributed by atoms with van der Waals surface area (Å²) in [5, 5.41) is 4.01. The van der Waals surface area contributed by atoms with Crippen molar-refractivity contribution in [2.45, 2.75) is 13.5 Å². The van der Waals surface area contributed by atoms with Crippen molar-refractivity contribution in [3.05, 3.63) is 70.4 Å². The molecule has 0 saturated heterocycles. The van der Waals surface area contributed by atoms with E-state index in [1.54, 1.807) is 6.07 Å². The summed E-state index contributed by atoms with van der Waals surface area (Å²) < 4.78 is 1.92. The first-order valence-corrected chi connectivity index (χ1v) is 7.98. The van der Waals surface area contributed by atoms with E-state index in [9.17, 15) is 9.59 Å². The molecule has 24 heavy (non-hydrogen) atoms. The Balaban J connectivity index is 1.86. The van der Waals surface area contributed by atoms with Crippen LogP contribution in [0.5, 0.6) is 0 Å². The molecule has 3 aromatic rings. The summed E-state index contributed by atoms with van der Waals surface area (Å²) in [4.78, 5) is 25.0. The van der Waals surface area contributed by atoms with E-state index in [-0.39, 0.29) is 6.54 Å². The van der Waals surface area contributed by atoms with Gasteiger partial charge < -0.3 is 9.88 Å². The van der Waals surface area contributed by atoms with Crippen LogP contribution >= 0.6 is 11.6 Å². The number of para-hydroxylation sites is 1. The highest BCUT2D eigenvalue weighted by Crippen LogP contribution is 2.25. The van der Waals surface area contributed by atoms with Crippen molar-refractivity contribution in [3.8, 4) is 0 Å². The summed E-state index contributed by atoms with van der Waals surface area (Å²) in [7, 11) is 1.89. The average molecular weight is 341 g/mol. The predicted octanol–water partition coefficient (Wildman–Crippen LogP) is 3.64. The Hall–Kier alpha value is -2.59. The minimum Gasteiger partial charge on any atom is -0.347 e. The molecule has 1 N–H and O–H groups in total. The number of hydrogen-bond acceptors (Lipinski definition) is 2. The fourth-order valence-corrected chi connectivity index (χ4v) is 3.02. The number of hydrogen-bond donors (Lipinski definition) is 1. The van der Waals surface area contributed by atoms with E-state index in [2.05, 4.69) is 5.32 Å². The summed E-state index contributed by atoms with van der Waals surface area (Å²) in [5.74, 6) is -1.16. The van der Waals surface area contributed by atoms with Crippen LogP contribution in [0.15, 0.2) is 48.5 Å². The van der Waals surface area contributed by atoms with Gasteiger partial charge in [0, 0.05) is 35.2 Å². The summed E-state index contributed by atoms with van der Waals surface area (Å²) in [5.41, 5.74) is 2.92. The van der Waals surface area contributed by atoms with Crippen LogP contribution in [0.2, 0.25) is 5.02 Å². The van der Waals surface area contributed by atoms with E-state index in [0.717, 1.165) is 22.2 Å². The first-order chi connectivity index (χ1) is 11.5. The van der Waals surface area contributed by atoms with Gasteiger partial charge in [-0.3, -0.25) is 9.59 Å². The van der Waals surface area contributed by atoms with E-state index < -0.39 is 11.7 Å². The Kier molecular flexibility index (Phi) is 4.40. The Bertz CT molecular complexity index is 944. The van der Waals surface area contributed by atoms with E-state index in [1.807, 2.05) is 61.0 Å².